The zero-order valence-corrected chi connectivity index (χ0v) is 20.6. The van der Waals surface area contributed by atoms with E-state index in [9.17, 15) is 4.79 Å². The van der Waals surface area contributed by atoms with Gasteiger partial charge in [-0.25, -0.2) is 15.0 Å². The number of anilines is 2. The lowest BCUT2D eigenvalue weighted by atomic mass is 10.0. The summed E-state index contributed by atoms with van der Waals surface area (Å²) in [5, 5.41) is 3.57. The van der Waals surface area contributed by atoms with Gasteiger partial charge in [-0.3, -0.25) is 9.36 Å². The van der Waals surface area contributed by atoms with Gasteiger partial charge in [0.2, 0.25) is 5.95 Å². The van der Waals surface area contributed by atoms with Crippen molar-refractivity contribution in [2.45, 2.75) is 6.04 Å². The SMILES string of the molecule is CN(C)c1ccc([C@H]2CN(c3nc(-c4ccncn4)cc(=O)n3C)CCN2)cc1.Cl.Cl.Cl. The van der Waals surface area contributed by atoms with Crippen LogP contribution in [0.4, 0.5) is 11.6 Å². The number of nitrogens with zero attached hydrogens (tertiary/aromatic N) is 6. The molecule has 1 atom stereocenters. The Labute approximate surface area is 206 Å². The van der Waals surface area contributed by atoms with Gasteiger partial charge in [0.05, 0.1) is 11.4 Å². The van der Waals surface area contributed by atoms with Crippen molar-refractivity contribution in [2.24, 2.45) is 7.05 Å². The van der Waals surface area contributed by atoms with Crippen LogP contribution in [0.3, 0.4) is 0 Å². The van der Waals surface area contributed by atoms with E-state index in [1.807, 2.05) is 14.1 Å². The van der Waals surface area contributed by atoms with E-state index in [0.717, 1.165) is 19.6 Å². The zero-order chi connectivity index (χ0) is 20.4. The maximum absolute atomic E-state index is 12.6. The molecular weight excluding hydrogens is 473 g/mol. The first kappa shape index (κ1) is 27.6. The highest BCUT2D eigenvalue weighted by Crippen LogP contribution is 2.24. The highest BCUT2D eigenvalue weighted by molar-refractivity contribution is 5.86. The molecule has 1 aliphatic heterocycles. The molecule has 8 nitrogen and oxygen atoms in total. The van der Waals surface area contributed by atoms with E-state index < -0.39 is 0 Å². The molecule has 0 bridgehead atoms. The van der Waals surface area contributed by atoms with E-state index in [1.165, 1.54) is 23.6 Å². The first-order valence-corrected chi connectivity index (χ1v) is 9.63. The number of piperazine rings is 1. The standard InChI is InChI=1S/C21H25N7O.3ClH/c1-26(2)16-6-4-15(5-7-16)19-13-28(11-10-23-19)21-25-18(12-20(29)27(21)3)17-8-9-22-14-24-17;;;/h4-9,12,14,19,23H,10-11,13H2,1-3H3;3*1H/t19-;;;/m1.../s1. The van der Waals surface area contributed by atoms with Crippen LogP contribution in [0.25, 0.3) is 11.4 Å². The van der Waals surface area contributed by atoms with Gasteiger partial charge in [-0.05, 0) is 23.8 Å². The minimum absolute atomic E-state index is 0. The third-order valence-corrected chi connectivity index (χ3v) is 5.23. The fraction of sp³-hybridized carbons (Fsp3) is 0.333. The molecule has 1 aromatic carbocycles. The maximum Gasteiger partial charge on any atom is 0.255 e. The number of halogens is 3. The molecule has 0 saturated carbocycles. The van der Waals surface area contributed by atoms with Crippen molar-refractivity contribution in [1.29, 1.82) is 0 Å². The van der Waals surface area contributed by atoms with Crippen LogP contribution in [-0.4, -0.2) is 53.2 Å². The van der Waals surface area contributed by atoms with Crippen molar-refractivity contribution in [1.82, 2.24) is 24.8 Å². The highest BCUT2D eigenvalue weighted by atomic mass is 35.5. The van der Waals surface area contributed by atoms with Gasteiger partial charge in [0.15, 0.2) is 0 Å². The van der Waals surface area contributed by atoms with E-state index >= 15 is 0 Å². The van der Waals surface area contributed by atoms with E-state index in [-0.39, 0.29) is 48.8 Å². The number of aromatic nitrogens is 4. The second-order valence-electron chi connectivity index (χ2n) is 7.37. The number of rotatable bonds is 4. The molecule has 174 valence electrons. The van der Waals surface area contributed by atoms with Crippen molar-refractivity contribution in [3.05, 3.63) is 64.8 Å². The summed E-state index contributed by atoms with van der Waals surface area (Å²) >= 11 is 0. The summed E-state index contributed by atoms with van der Waals surface area (Å²) < 4.78 is 1.60. The Morgan fingerprint density at radius 3 is 2.41 bits per heavy atom. The summed E-state index contributed by atoms with van der Waals surface area (Å²) in [6, 6.07) is 12.0. The Morgan fingerprint density at radius 2 is 1.78 bits per heavy atom. The van der Waals surface area contributed by atoms with E-state index in [4.69, 9.17) is 4.98 Å². The lowest BCUT2D eigenvalue weighted by Gasteiger charge is -2.35. The van der Waals surface area contributed by atoms with Gasteiger partial charge in [-0.1, -0.05) is 12.1 Å². The molecular formula is C21H28Cl3N7O. The lowest BCUT2D eigenvalue weighted by Crippen LogP contribution is -2.47. The number of nitrogens with one attached hydrogen (secondary N) is 1. The molecule has 4 rings (SSSR count). The van der Waals surface area contributed by atoms with E-state index in [0.29, 0.717) is 17.3 Å². The molecule has 32 heavy (non-hydrogen) atoms. The molecule has 11 heteroatoms. The predicted octanol–water partition coefficient (Wildman–Crippen LogP) is 2.72. The van der Waals surface area contributed by atoms with Crippen molar-refractivity contribution < 1.29 is 0 Å². The van der Waals surface area contributed by atoms with Gasteiger partial charge >= 0.3 is 0 Å². The average molecular weight is 501 g/mol. The molecule has 0 spiro atoms. The first-order chi connectivity index (χ1) is 14.0. The summed E-state index contributed by atoms with van der Waals surface area (Å²) in [7, 11) is 5.83. The smallest absolute Gasteiger partial charge is 0.255 e. The third-order valence-electron chi connectivity index (χ3n) is 5.23. The number of benzene rings is 1. The molecule has 3 heterocycles. The monoisotopic (exact) mass is 499 g/mol. The third kappa shape index (κ3) is 5.89. The molecule has 1 saturated heterocycles. The Morgan fingerprint density at radius 1 is 1.06 bits per heavy atom. The molecule has 0 amide bonds. The van der Waals surface area contributed by atoms with Gasteiger partial charge in [0, 0.05) is 64.8 Å². The maximum atomic E-state index is 12.6. The van der Waals surface area contributed by atoms with Crippen LogP contribution < -0.4 is 20.7 Å². The van der Waals surface area contributed by atoms with Crippen LogP contribution >= 0.6 is 37.2 Å². The van der Waals surface area contributed by atoms with Crippen LogP contribution in [-0.2, 0) is 7.05 Å². The zero-order valence-electron chi connectivity index (χ0n) is 18.1. The number of hydrogen-bond donors (Lipinski definition) is 1. The fourth-order valence-corrected chi connectivity index (χ4v) is 3.54. The Hall–Kier alpha value is -2.39. The minimum atomic E-state index is -0.103. The summed E-state index contributed by atoms with van der Waals surface area (Å²) in [4.78, 5) is 29.7. The van der Waals surface area contributed by atoms with Crippen LogP contribution in [0.1, 0.15) is 11.6 Å². The van der Waals surface area contributed by atoms with Gasteiger partial charge in [0.1, 0.15) is 6.33 Å². The van der Waals surface area contributed by atoms with Gasteiger partial charge in [0.25, 0.3) is 5.56 Å². The van der Waals surface area contributed by atoms with Crippen LogP contribution in [0, 0.1) is 0 Å². The predicted molar refractivity (Wildman–Crippen MR) is 136 cm³/mol. The van der Waals surface area contributed by atoms with Crippen molar-refractivity contribution in [3.8, 4) is 11.4 Å². The summed E-state index contributed by atoms with van der Waals surface area (Å²) in [6.07, 6.45) is 3.12. The summed E-state index contributed by atoms with van der Waals surface area (Å²) in [6.45, 7) is 2.32. The van der Waals surface area contributed by atoms with Crippen molar-refractivity contribution in [2.75, 3.05) is 43.5 Å². The number of hydrogen-bond acceptors (Lipinski definition) is 7. The van der Waals surface area contributed by atoms with Crippen LogP contribution in [0.15, 0.2) is 53.7 Å². The van der Waals surface area contributed by atoms with Gasteiger partial charge < -0.3 is 15.1 Å². The van der Waals surface area contributed by atoms with E-state index in [1.54, 1.807) is 23.9 Å². The Bertz CT molecular complexity index is 1050. The Balaban J connectivity index is 0.00000171. The topological polar surface area (TPSA) is 79.2 Å². The molecule has 0 aliphatic carbocycles. The van der Waals surface area contributed by atoms with Gasteiger partial charge in [-0.2, -0.15) is 0 Å². The molecule has 0 unspecified atom stereocenters. The van der Waals surface area contributed by atoms with Gasteiger partial charge in [-0.15, -0.1) is 37.2 Å². The lowest BCUT2D eigenvalue weighted by molar-refractivity contribution is 0.462. The van der Waals surface area contributed by atoms with Crippen molar-refractivity contribution in [3.63, 3.8) is 0 Å². The normalized spacial score (nSPS) is 15.1. The average Bonchev–Trinajstić information content (AvgIpc) is 2.76. The molecule has 1 aliphatic rings. The quantitative estimate of drug-likeness (QED) is 0.590. The fourth-order valence-electron chi connectivity index (χ4n) is 3.54. The molecule has 0 radical (unpaired) electrons. The van der Waals surface area contributed by atoms with Crippen LogP contribution in [0.5, 0.6) is 0 Å². The summed E-state index contributed by atoms with van der Waals surface area (Å²) in [5.41, 5.74) is 3.50. The Kier molecular flexibility index (Phi) is 10.4. The van der Waals surface area contributed by atoms with Crippen LogP contribution in [0.2, 0.25) is 0 Å². The molecule has 2 aromatic heterocycles. The molecule has 3 aromatic rings. The second kappa shape index (κ2) is 12.0. The first-order valence-electron chi connectivity index (χ1n) is 9.63. The molecule has 1 N–H and O–H groups in total. The molecule has 1 fully saturated rings. The van der Waals surface area contributed by atoms with E-state index in [2.05, 4.69) is 49.4 Å². The summed E-state index contributed by atoms with van der Waals surface area (Å²) in [5.74, 6) is 0.655. The van der Waals surface area contributed by atoms with Crippen molar-refractivity contribution >= 4 is 48.9 Å². The largest absolute Gasteiger partial charge is 0.378 e. The second-order valence-corrected chi connectivity index (χ2v) is 7.37. The highest BCUT2D eigenvalue weighted by Gasteiger charge is 2.24. The minimum Gasteiger partial charge on any atom is -0.378 e.